The molecule has 3 amide bonds. The number of carbonyl (C=O) groups is 3. The third-order valence-electron chi connectivity index (χ3n) is 4.88. The fraction of sp³-hybridized carbons (Fsp3) is 0.346. The highest BCUT2D eigenvalue weighted by Crippen LogP contribution is 2.30. The smallest absolute Gasteiger partial charge is 0.408 e. The number of alkyl carbamates (subject to hydrolysis) is 1. The normalized spacial score (nSPS) is 11.7. The molecule has 8 heteroatoms. The molecule has 0 saturated carbocycles. The Morgan fingerprint density at radius 2 is 1.82 bits per heavy atom. The second-order valence-corrected chi connectivity index (χ2v) is 9.00. The zero-order valence-corrected chi connectivity index (χ0v) is 20.8. The van der Waals surface area contributed by atoms with Gasteiger partial charge in [-0.25, -0.2) is 4.79 Å². The molecule has 0 spiro atoms. The van der Waals surface area contributed by atoms with E-state index in [1.165, 1.54) is 4.90 Å². The minimum Gasteiger partial charge on any atom is -0.444 e. The number of hydrogen-bond acceptors (Lipinski definition) is 4. The van der Waals surface area contributed by atoms with Crippen LogP contribution in [0.4, 0.5) is 10.5 Å². The third kappa shape index (κ3) is 7.00. The SMILES string of the molecule is C#Cc1ccccc1C(C(=O)Nc1c(C)cccc1Cl)N(CC)C(=O)CNC(=O)OC(C)(C)C. The summed E-state index contributed by atoms with van der Waals surface area (Å²) in [5, 5.41) is 5.67. The number of amides is 3. The molecule has 0 fully saturated rings. The zero-order chi connectivity index (χ0) is 25.5. The van der Waals surface area contributed by atoms with Gasteiger partial charge in [-0.05, 0) is 57.9 Å². The summed E-state index contributed by atoms with van der Waals surface area (Å²) in [5.41, 5.74) is 1.47. The lowest BCUT2D eigenvalue weighted by molar-refractivity contribution is -0.138. The Morgan fingerprint density at radius 1 is 1.15 bits per heavy atom. The Kier molecular flexibility index (Phi) is 9.11. The molecule has 0 aliphatic carbocycles. The standard InChI is InChI=1S/C26H30ClN3O4/c1-7-18-13-9-10-14-19(18)23(24(32)29-22-17(3)12-11-15-20(22)27)30(8-2)21(31)16-28-25(33)34-26(4,5)6/h1,9-15,23H,8,16H2,2-6H3,(H,28,33)(H,29,32). The Balaban J connectivity index is 2.39. The van der Waals surface area contributed by atoms with Crippen LogP contribution in [0.1, 0.15) is 50.4 Å². The number of nitrogens with one attached hydrogen (secondary N) is 2. The molecule has 0 heterocycles. The van der Waals surface area contributed by atoms with Crippen LogP contribution >= 0.6 is 11.6 Å². The van der Waals surface area contributed by atoms with Crippen molar-refractivity contribution in [3.8, 4) is 12.3 Å². The van der Waals surface area contributed by atoms with E-state index >= 15 is 0 Å². The van der Waals surface area contributed by atoms with Gasteiger partial charge in [-0.1, -0.05) is 47.9 Å². The number of terminal acetylenes is 1. The van der Waals surface area contributed by atoms with Crippen molar-refractivity contribution in [2.24, 2.45) is 0 Å². The van der Waals surface area contributed by atoms with Crippen LogP contribution in [0.15, 0.2) is 42.5 Å². The Hall–Kier alpha value is -3.50. The molecule has 7 nitrogen and oxygen atoms in total. The number of halogens is 1. The molecule has 2 N–H and O–H groups in total. The van der Waals surface area contributed by atoms with E-state index in [0.29, 0.717) is 21.8 Å². The number of para-hydroxylation sites is 1. The molecule has 0 aliphatic rings. The highest BCUT2D eigenvalue weighted by atomic mass is 35.5. The molecule has 2 aromatic rings. The van der Waals surface area contributed by atoms with Crippen molar-refractivity contribution in [3.05, 3.63) is 64.2 Å². The Bertz CT molecular complexity index is 1080. The minimum absolute atomic E-state index is 0.188. The summed E-state index contributed by atoms with van der Waals surface area (Å²) in [6.07, 6.45) is 4.96. The number of likely N-dealkylation sites (N-methyl/N-ethyl adjacent to an activating group) is 1. The molecular formula is C26H30ClN3O4. The average Bonchev–Trinajstić information content (AvgIpc) is 2.77. The van der Waals surface area contributed by atoms with E-state index in [-0.39, 0.29) is 13.1 Å². The van der Waals surface area contributed by atoms with Crippen LogP contribution in [0.5, 0.6) is 0 Å². The molecule has 180 valence electrons. The van der Waals surface area contributed by atoms with Crippen molar-refractivity contribution in [3.63, 3.8) is 0 Å². The summed E-state index contributed by atoms with van der Waals surface area (Å²) < 4.78 is 5.19. The number of rotatable bonds is 7. The van der Waals surface area contributed by atoms with E-state index in [0.717, 1.165) is 5.56 Å². The number of carbonyl (C=O) groups excluding carboxylic acids is 3. The van der Waals surface area contributed by atoms with E-state index in [1.807, 2.05) is 13.0 Å². The van der Waals surface area contributed by atoms with Crippen molar-refractivity contribution < 1.29 is 19.1 Å². The van der Waals surface area contributed by atoms with Crippen LogP contribution in [0, 0.1) is 19.3 Å². The van der Waals surface area contributed by atoms with Gasteiger partial charge in [-0.2, -0.15) is 0 Å². The van der Waals surface area contributed by atoms with E-state index < -0.39 is 29.6 Å². The van der Waals surface area contributed by atoms with Gasteiger partial charge < -0.3 is 20.3 Å². The summed E-state index contributed by atoms with van der Waals surface area (Å²) in [7, 11) is 0. The number of anilines is 1. The largest absolute Gasteiger partial charge is 0.444 e. The lowest BCUT2D eigenvalue weighted by atomic mass is 9.98. The van der Waals surface area contributed by atoms with E-state index in [1.54, 1.807) is 64.1 Å². The monoisotopic (exact) mass is 483 g/mol. The van der Waals surface area contributed by atoms with E-state index in [4.69, 9.17) is 22.8 Å². The van der Waals surface area contributed by atoms with Crippen LogP contribution in [0.2, 0.25) is 5.02 Å². The lowest BCUT2D eigenvalue weighted by Gasteiger charge is -2.31. The van der Waals surface area contributed by atoms with E-state index in [2.05, 4.69) is 16.6 Å². The summed E-state index contributed by atoms with van der Waals surface area (Å²) in [6, 6.07) is 11.1. The second-order valence-electron chi connectivity index (χ2n) is 8.59. The fourth-order valence-electron chi connectivity index (χ4n) is 3.37. The molecule has 0 saturated heterocycles. The number of nitrogens with zero attached hydrogens (tertiary/aromatic N) is 1. The van der Waals surface area contributed by atoms with Crippen molar-refractivity contribution in [1.29, 1.82) is 0 Å². The van der Waals surface area contributed by atoms with Gasteiger partial charge in [0.2, 0.25) is 5.91 Å². The summed E-state index contributed by atoms with van der Waals surface area (Å²) in [6.45, 7) is 8.56. The Labute approximate surface area is 205 Å². The molecule has 2 rings (SSSR count). The quantitative estimate of drug-likeness (QED) is 0.559. The topological polar surface area (TPSA) is 87.7 Å². The lowest BCUT2D eigenvalue weighted by Crippen LogP contribution is -2.46. The maximum Gasteiger partial charge on any atom is 0.408 e. The van der Waals surface area contributed by atoms with Crippen LogP contribution in [0.25, 0.3) is 0 Å². The minimum atomic E-state index is -1.05. The molecule has 34 heavy (non-hydrogen) atoms. The van der Waals surface area contributed by atoms with Crippen LogP contribution in [0.3, 0.4) is 0 Å². The number of ether oxygens (including phenoxy) is 1. The van der Waals surface area contributed by atoms with Gasteiger partial charge in [0.25, 0.3) is 5.91 Å². The van der Waals surface area contributed by atoms with Crippen LogP contribution < -0.4 is 10.6 Å². The van der Waals surface area contributed by atoms with Gasteiger partial charge in [-0.3, -0.25) is 9.59 Å². The molecule has 2 aromatic carbocycles. The highest BCUT2D eigenvalue weighted by molar-refractivity contribution is 6.34. The van der Waals surface area contributed by atoms with Gasteiger partial charge in [0.05, 0.1) is 10.7 Å². The molecule has 0 radical (unpaired) electrons. The first kappa shape index (κ1) is 26.7. The van der Waals surface area contributed by atoms with Crippen LogP contribution in [-0.2, 0) is 14.3 Å². The van der Waals surface area contributed by atoms with Crippen molar-refractivity contribution in [2.75, 3.05) is 18.4 Å². The van der Waals surface area contributed by atoms with Gasteiger partial charge in [0.15, 0.2) is 0 Å². The first-order valence-corrected chi connectivity index (χ1v) is 11.2. The third-order valence-corrected chi connectivity index (χ3v) is 5.20. The van der Waals surface area contributed by atoms with Crippen molar-refractivity contribution in [1.82, 2.24) is 10.2 Å². The van der Waals surface area contributed by atoms with E-state index in [9.17, 15) is 14.4 Å². The van der Waals surface area contributed by atoms with Crippen molar-refractivity contribution >= 4 is 35.2 Å². The summed E-state index contributed by atoms with van der Waals surface area (Å²) >= 11 is 6.31. The molecule has 0 bridgehead atoms. The fourth-order valence-corrected chi connectivity index (χ4v) is 3.63. The molecule has 1 unspecified atom stereocenters. The number of hydrogen-bond donors (Lipinski definition) is 2. The maximum absolute atomic E-state index is 13.6. The predicted octanol–water partition coefficient (Wildman–Crippen LogP) is 4.68. The molecule has 1 atom stereocenters. The van der Waals surface area contributed by atoms with Gasteiger partial charge in [-0.15, -0.1) is 6.42 Å². The second kappa shape index (κ2) is 11.6. The molecular weight excluding hydrogens is 454 g/mol. The van der Waals surface area contributed by atoms with Crippen molar-refractivity contribution in [2.45, 2.75) is 46.3 Å². The highest BCUT2D eigenvalue weighted by Gasteiger charge is 2.32. The van der Waals surface area contributed by atoms with Gasteiger partial charge in [0.1, 0.15) is 18.2 Å². The molecule has 0 aromatic heterocycles. The predicted molar refractivity (Wildman–Crippen MR) is 134 cm³/mol. The zero-order valence-electron chi connectivity index (χ0n) is 20.1. The number of aryl methyl sites for hydroxylation is 1. The molecule has 0 aliphatic heterocycles. The first-order chi connectivity index (χ1) is 16.0. The van der Waals surface area contributed by atoms with Gasteiger partial charge >= 0.3 is 6.09 Å². The average molecular weight is 484 g/mol. The van der Waals surface area contributed by atoms with Crippen LogP contribution in [-0.4, -0.2) is 41.5 Å². The van der Waals surface area contributed by atoms with Gasteiger partial charge in [0, 0.05) is 12.1 Å². The number of benzene rings is 2. The first-order valence-electron chi connectivity index (χ1n) is 10.9. The maximum atomic E-state index is 13.6. The summed E-state index contributed by atoms with van der Waals surface area (Å²) in [5.74, 6) is 1.62. The Morgan fingerprint density at radius 3 is 2.41 bits per heavy atom. The summed E-state index contributed by atoms with van der Waals surface area (Å²) in [4.78, 5) is 40.1.